The normalized spacial score (nSPS) is 18.4. The Bertz CT molecular complexity index is 693. The van der Waals surface area contributed by atoms with Gasteiger partial charge in [0.05, 0.1) is 17.8 Å². The monoisotopic (exact) mass is 363 g/mol. The van der Waals surface area contributed by atoms with Crippen molar-refractivity contribution in [3.05, 3.63) is 58.1 Å². The van der Waals surface area contributed by atoms with E-state index in [4.69, 9.17) is 27.9 Å². The quantitative estimate of drug-likeness (QED) is 0.800. The Balaban J connectivity index is 1.66. The number of methoxy groups -OCH3 is 1. The van der Waals surface area contributed by atoms with Gasteiger partial charge in [0, 0.05) is 24.2 Å². The number of halogens is 2. The third kappa shape index (κ3) is 4.35. The van der Waals surface area contributed by atoms with Crippen LogP contribution in [0.4, 0.5) is 5.69 Å². The first-order valence-corrected chi connectivity index (χ1v) is 8.91. The molecule has 0 saturated carbocycles. The maximum absolute atomic E-state index is 6.19. The van der Waals surface area contributed by atoms with E-state index in [1.165, 1.54) is 12.0 Å². The number of anilines is 1. The van der Waals surface area contributed by atoms with Crippen LogP contribution in [0.5, 0.6) is 5.75 Å². The zero-order chi connectivity index (χ0) is 16.9. The van der Waals surface area contributed by atoms with Gasteiger partial charge in [-0.2, -0.15) is 0 Å². The highest BCUT2D eigenvalue weighted by molar-refractivity contribution is 6.33. The third-order valence-corrected chi connectivity index (χ3v) is 4.90. The fourth-order valence-electron chi connectivity index (χ4n) is 3.22. The molecule has 1 aliphatic heterocycles. The molecule has 1 saturated heterocycles. The minimum atomic E-state index is 0.546. The molecule has 1 fully saturated rings. The van der Waals surface area contributed by atoms with E-state index in [0.717, 1.165) is 42.4 Å². The lowest BCUT2D eigenvalue weighted by molar-refractivity contribution is 0.206. The molecule has 1 aliphatic rings. The van der Waals surface area contributed by atoms with Crippen molar-refractivity contribution in [3.63, 3.8) is 0 Å². The van der Waals surface area contributed by atoms with Gasteiger partial charge in [-0.05, 0) is 55.0 Å². The molecule has 1 N–H and O–H groups in total. The molecule has 3 nitrogen and oxygen atoms in total. The second-order valence-corrected chi connectivity index (χ2v) is 6.94. The van der Waals surface area contributed by atoms with Crippen LogP contribution in [0.25, 0.3) is 0 Å². The summed E-state index contributed by atoms with van der Waals surface area (Å²) in [6, 6.07) is 14.6. The van der Waals surface area contributed by atoms with Crippen molar-refractivity contribution in [2.24, 2.45) is 5.92 Å². The first-order valence-electron chi connectivity index (χ1n) is 8.16. The summed E-state index contributed by atoms with van der Waals surface area (Å²) in [7, 11) is 1.70. The zero-order valence-electron chi connectivity index (χ0n) is 13.7. The van der Waals surface area contributed by atoms with Gasteiger partial charge in [0.2, 0.25) is 0 Å². The molecule has 0 bridgehead atoms. The Morgan fingerprint density at radius 1 is 1.33 bits per heavy atom. The first kappa shape index (κ1) is 17.4. The molecule has 1 unspecified atom stereocenters. The summed E-state index contributed by atoms with van der Waals surface area (Å²) in [6.45, 7) is 1.97. The molecule has 127 valence electrons. The van der Waals surface area contributed by atoms with Crippen LogP contribution in [-0.4, -0.2) is 25.2 Å². The summed E-state index contributed by atoms with van der Waals surface area (Å²) in [5, 5.41) is 3.61. The molecule has 3 rings (SSSR count). The topological polar surface area (TPSA) is 24.5 Å². The minimum Gasteiger partial charge on any atom is -0.496 e. The van der Waals surface area contributed by atoms with Gasteiger partial charge < -0.3 is 10.2 Å². The van der Waals surface area contributed by atoms with Gasteiger partial charge in [-0.15, -0.1) is 0 Å². The molecule has 2 aromatic carbocycles. The molecule has 1 heterocycles. The number of benzene rings is 2. The Morgan fingerprint density at radius 3 is 3.00 bits per heavy atom. The smallest absolute Gasteiger partial charge is 0.122 e. The molecule has 0 aliphatic carbocycles. The number of nitrogens with zero attached hydrogens (tertiary/aromatic N) is 1. The van der Waals surface area contributed by atoms with Crippen molar-refractivity contribution in [1.82, 2.24) is 5.01 Å². The molecule has 0 spiro atoms. The molecule has 2 aromatic rings. The van der Waals surface area contributed by atoms with Crippen LogP contribution >= 0.6 is 23.2 Å². The van der Waals surface area contributed by atoms with E-state index in [1.54, 1.807) is 7.11 Å². The Hall–Kier alpha value is -1.42. The fraction of sp³-hybridized carbons (Fsp3) is 0.368. The van der Waals surface area contributed by atoms with Crippen molar-refractivity contribution in [1.29, 1.82) is 0 Å². The largest absolute Gasteiger partial charge is 0.496 e. The van der Waals surface area contributed by atoms with Gasteiger partial charge in [0.25, 0.3) is 0 Å². The average Bonchev–Trinajstić information content (AvgIpc) is 2.58. The van der Waals surface area contributed by atoms with E-state index >= 15 is 0 Å². The number of ether oxygens (including phenoxy) is 1. The van der Waals surface area contributed by atoms with E-state index in [-0.39, 0.29) is 0 Å². The number of hydrogen-bond acceptors (Lipinski definition) is 3. The number of hydrogen-bond donors (Lipinski definition) is 1. The number of piperidine rings is 1. The van der Waals surface area contributed by atoms with Crippen LogP contribution < -0.4 is 10.2 Å². The number of hydrazine groups is 1. The van der Waals surface area contributed by atoms with Crippen LogP contribution in [-0.2, 0) is 6.42 Å². The van der Waals surface area contributed by atoms with Gasteiger partial charge >= 0.3 is 0 Å². The van der Waals surface area contributed by atoms with Gasteiger partial charge in [-0.3, -0.25) is 0 Å². The molecule has 5 heteroatoms. The van der Waals surface area contributed by atoms with E-state index in [0.29, 0.717) is 10.9 Å². The van der Waals surface area contributed by atoms with Crippen molar-refractivity contribution < 1.29 is 4.74 Å². The van der Waals surface area contributed by atoms with Crippen molar-refractivity contribution in [2.75, 3.05) is 25.6 Å². The molecule has 1 atom stereocenters. The Labute approximate surface area is 153 Å². The van der Waals surface area contributed by atoms with Crippen LogP contribution in [0, 0.1) is 12.0 Å². The number of nitrogens with one attached hydrogen (secondary N) is 1. The lowest BCUT2D eigenvalue weighted by atomic mass is 9.91. The lowest BCUT2D eigenvalue weighted by Gasteiger charge is -2.34. The molecular formula is C19H21Cl2N2O. The second-order valence-electron chi connectivity index (χ2n) is 6.12. The Kier molecular flexibility index (Phi) is 5.88. The highest BCUT2D eigenvalue weighted by Crippen LogP contribution is 2.29. The van der Waals surface area contributed by atoms with Gasteiger partial charge in [-0.25, -0.2) is 5.01 Å². The summed E-state index contributed by atoms with van der Waals surface area (Å²) in [4.78, 5) is 0. The molecule has 0 amide bonds. The molecule has 24 heavy (non-hydrogen) atoms. The van der Waals surface area contributed by atoms with E-state index in [9.17, 15) is 0 Å². The summed E-state index contributed by atoms with van der Waals surface area (Å²) < 4.78 is 5.47. The predicted octanol–water partition coefficient (Wildman–Crippen LogP) is 5.08. The van der Waals surface area contributed by atoms with E-state index in [1.807, 2.05) is 36.4 Å². The van der Waals surface area contributed by atoms with Crippen LogP contribution in [0.15, 0.2) is 36.4 Å². The maximum atomic E-state index is 6.19. The van der Waals surface area contributed by atoms with E-state index in [2.05, 4.69) is 16.5 Å². The molecular weight excluding hydrogens is 343 g/mol. The van der Waals surface area contributed by atoms with Crippen LogP contribution in [0.3, 0.4) is 0 Å². The molecule has 0 aromatic heterocycles. The maximum Gasteiger partial charge on any atom is 0.122 e. The minimum absolute atomic E-state index is 0.546. The SMILES string of the molecule is COc1ccc(Cl)cc1CC1CCCN(Nc2ccc[c]c2Cl)C1. The standard InChI is InChI=1S/C19H21Cl2N2O/c1-24-19-9-8-16(20)12-15(19)11-14-5-4-10-23(13-14)22-18-7-3-2-6-17(18)21/h2-3,7-9,12,14,22H,4-5,10-11,13H2,1H3. The van der Waals surface area contributed by atoms with Crippen LogP contribution in [0.2, 0.25) is 10.0 Å². The summed E-state index contributed by atoms with van der Waals surface area (Å²) in [5.74, 6) is 1.45. The van der Waals surface area contributed by atoms with Crippen molar-refractivity contribution in [2.45, 2.75) is 19.3 Å². The van der Waals surface area contributed by atoms with Crippen molar-refractivity contribution >= 4 is 28.9 Å². The van der Waals surface area contributed by atoms with Crippen LogP contribution in [0.1, 0.15) is 18.4 Å². The van der Waals surface area contributed by atoms with Gasteiger partial charge in [-0.1, -0.05) is 35.3 Å². The third-order valence-electron chi connectivity index (χ3n) is 4.35. The Morgan fingerprint density at radius 2 is 2.21 bits per heavy atom. The van der Waals surface area contributed by atoms with E-state index < -0.39 is 0 Å². The molecule has 1 radical (unpaired) electrons. The highest BCUT2D eigenvalue weighted by atomic mass is 35.5. The van der Waals surface area contributed by atoms with Gasteiger partial charge in [0.15, 0.2) is 0 Å². The zero-order valence-corrected chi connectivity index (χ0v) is 15.2. The average molecular weight is 364 g/mol. The summed E-state index contributed by atoms with van der Waals surface area (Å²) >= 11 is 12.3. The van der Waals surface area contributed by atoms with Crippen molar-refractivity contribution in [3.8, 4) is 5.75 Å². The number of rotatable bonds is 5. The predicted molar refractivity (Wildman–Crippen MR) is 99.9 cm³/mol. The second kappa shape index (κ2) is 8.11. The summed E-state index contributed by atoms with van der Waals surface area (Å²) in [6.07, 6.45) is 3.30. The highest BCUT2D eigenvalue weighted by Gasteiger charge is 2.22. The summed E-state index contributed by atoms with van der Waals surface area (Å²) in [5.41, 5.74) is 5.49. The first-order chi connectivity index (χ1) is 11.7. The fourth-order valence-corrected chi connectivity index (χ4v) is 3.59. The lowest BCUT2D eigenvalue weighted by Crippen LogP contribution is -2.40. The van der Waals surface area contributed by atoms with Gasteiger partial charge in [0.1, 0.15) is 5.75 Å².